The van der Waals surface area contributed by atoms with Gasteiger partial charge >= 0.3 is 23.9 Å². The third-order valence-electron chi connectivity index (χ3n) is 0.355. The molecule has 0 unspecified atom stereocenters. The van der Waals surface area contributed by atoms with Crippen molar-refractivity contribution in [3.8, 4) is 0 Å². The average molecular weight is 233 g/mol. The van der Waals surface area contributed by atoms with Gasteiger partial charge in [-0.05, 0) is 12.2 Å². The number of rotatable bonds is 2. The van der Waals surface area contributed by atoms with Crippen LogP contribution in [0, 0.1) is 0 Å². The van der Waals surface area contributed by atoms with Gasteiger partial charge in [0, 0.05) is 0 Å². The SMILES string of the molecule is O=C([O-])/C=C/C(=O)[O-].[Sn+2]. The van der Waals surface area contributed by atoms with Crippen LogP contribution in [0.4, 0.5) is 0 Å². The fourth-order valence-electron chi connectivity index (χ4n) is 0.136. The molecule has 46 valence electrons. The topological polar surface area (TPSA) is 80.3 Å². The molecule has 0 aromatic carbocycles. The van der Waals surface area contributed by atoms with Gasteiger partial charge in [0.2, 0.25) is 0 Å². The largest absolute Gasteiger partial charge is 2.00 e. The molecule has 0 spiro atoms. The van der Waals surface area contributed by atoms with Gasteiger partial charge in [-0.25, -0.2) is 0 Å². The maximum Gasteiger partial charge on any atom is 2.00 e. The molecular formula is C4H2O4Sn. The van der Waals surface area contributed by atoms with Gasteiger partial charge in [0.05, 0.1) is 11.9 Å². The molecule has 0 heterocycles. The van der Waals surface area contributed by atoms with E-state index in [0.29, 0.717) is 12.2 Å². The summed E-state index contributed by atoms with van der Waals surface area (Å²) in [5.41, 5.74) is 0. The maximum atomic E-state index is 9.41. The van der Waals surface area contributed by atoms with Crippen LogP contribution in [0.3, 0.4) is 0 Å². The zero-order valence-corrected chi connectivity index (χ0v) is 7.14. The van der Waals surface area contributed by atoms with Crippen molar-refractivity contribution in [1.82, 2.24) is 0 Å². The number of carboxylic acid groups (broad SMARTS) is 2. The molecule has 9 heavy (non-hydrogen) atoms. The second-order valence-electron chi connectivity index (χ2n) is 0.971. The fraction of sp³-hybridized carbons (Fsp3) is 0. The average Bonchev–Trinajstić information content (AvgIpc) is 1.61. The summed E-state index contributed by atoms with van der Waals surface area (Å²) in [4.78, 5) is 18.8. The fourth-order valence-corrected chi connectivity index (χ4v) is 0.136. The molecule has 0 aliphatic heterocycles. The van der Waals surface area contributed by atoms with Crippen molar-refractivity contribution in [2.75, 3.05) is 0 Å². The summed E-state index contributed by atoms with van der Waals surface area (Å²) in [6, 6.07) is 0. The van der Waals surface area contributed by atoms with Crippen LogP contribution in [0.2, 0.25) is 0 Å². The molecule has 0 bridgehead atoms. The minimum Gasteiger partial charge on any atom is -0.545 e. The Hall–Kier alpha value is -0.521. The molecule has 0 aromatic heterocycles. The van der Waals surface area contributed by atoms with E-state index >= 15 is 0 Å². The minimum absolute atomic E-state index is 0. The van der Waals surface area contributed by atoms with Crippen molar-refractivity contribution < 1.29 is 19.8 Å². The van der Waals surface area contributed by atoms with E-state index in [1.165, 1.54) is 0 Å². The van der Waals surface area contributed by atoms with E-state index in [4.69, 9.17) is 0 Å². The molecule has 0 atom stereocenters. The van der Waals surface area contributed by atoms with Crippen LogP contribution in [0.1, 0.15) is 0 Å². The molecule has 0 aromatic rings. The molecule has 0 fully saturated rings. The molecule has 0 saturated carbocycles. The van der Waals surface area contributed by atoms with Crippen molar-refractivity contribution in [3.05, 3.63) is 12.2 Å². The number of hydrogen-bond acceptors (Lipinski definition) is 4. The predicted octanol–water partition coefficient (Wildman–Crippen LogP) is -3.34. The second kappa shape index (κ2) is 5.61. The predicted molar refractivity (Wildman–Crippen MR) is 24.9 cm³/mol. The van der Waals surface area contributed by atoms with Gasteiger partial charge < -0.3 is 19.8 Å². The molecular weight excluding hydrogens is 231 g/mol. The van der Waals surface area contributed by atoms with Crippen LogP contribution in [0.25, 0.3) is 0 Å². The molecule has 5 heteroatoms. The van der Waals surface area contributed by atoms with Crippen LogP contribution in [-0.4, -0.2) is 35.8 Å². The summed E-state index contributed by atoms with van der Waals surface area (Å²) < 4.78 is 0. The van der Waals surface area contributed by atoms with Crippen LogP contribution in [0.15, 0.2) is 12.2 Å². The molecule has 0 aliphatic carbocycles. The van der Waals surface area contributed by atoms with Gasteiger partial charge in [-0.2, -0.15) is 0 Å². The van der Waals surface area contributed by atoms with E-state index in [0.717, 1.165) is 0 Å². The third kappa shape index (κ3) is 11.2. The normalized spacial score (nSPS) is 8.44. The van der Waals surface area contributed by atoms with Crippen molar-refractivity contribution in [2.24, 2.45) is 0 Å². The summed E-state index contributed by atoms with van der Waals surface area (Å²) >= 11 is 0. The Morgan fingerprint density at radius 2 is 1.22 bits per heavy atom. The van der Waals surface area contributed by atoms with Crippen LogP contribution in [-0.2, 0) is 9.59 Å². The quantitative estimate of drug-likeness (QED) is 0.368. The third-order valence-corrected chi connectivity index (χ3v) is 0.355. The Labute approximate surface area is 68.1 Å². The second-order valence-corrected chi connectivity index (χ2v) is 0.971. The first-order chi connectivity index (χ1) is 3.63. The summed E-state index contributed by atoms with van der Waals surface area (Å²) in [5.74, 6) is -3.09. The zero-order chi connectivity index (χ0) is 6.57. The van der Waals surface area contributed by atoms with Crippen molar-refractivity contribution in [1.29, 1.82) is 0 Å². The zero-order valence-electron chi connectivity index (χ0n) is 4.29. The van der Waals surface area contributed by atoms with Gasteiger partial charge in [-0.1, -0.05) is 0 Å². The van der Waals surface area contributed by atoms with Gasteiger partial charge in [0.25, 0.3) is 0 Å². The van der Waals surface area contributed by atoms with E-state index in [9.17, 15) is 19.8 Å². The Morgan fingerprint density at radius 3 is 1.33 bits per heavy atom. The Bertz CT molecular complexity index is 124. The number of aliphatic carboxylic acids is 2. The van der Waals surface area contributed by atoms with Gasteiger partial charge in [0.15, 0.2) is 0 Å². The van der Waals surface area contributed by atoms with Crippen molar-refractivity contribution >= 4 is 35.8 Å². The van der Waals surface area contributed by atoms with Gasteiger partial charge in [-0.3, -0.25) is 0 Å². The Balaban J connectivity index is 0. The summed E-state index contributed by atoms with van der Waals surface area (Å²) in [6.07, 6.45) is 0.769. The van der Waals surface area contributed by atoms with E-state index in [-0.39, 0.29) is 23.9 Å². The standard InChI is InChI=1S/C4H4O4.Sn/c5-3(6)1-2-4(7)8;/h1-2H,(H,5,6)(H,7,8);/q;+2/p-2/b2-1+;. The first-order valence-corrected chi connectivity index (χ1v) is 1.73. The minimum atomic E-state index is -1.55. The summed E-state index contributed by atoms with van der Waals surface area (Å²) in [6.45, 7) is 0. The monoisotopic (exact) mass is 234 g/mol. The smallest absolute Gasteiger partial charge is 0.545 e. The van der Waals surface area contributed by atoms with Crippen molar-refractivity contribution in [2.45, 2.75) is 0 Å². The van der Waals surface area contributed by atoms with Crippen molar-refractivity contribution in [3.63, 3.8) is 0 Å². The molecule has 0 amide bonds. The van der Waals surface area contributed by atoms with Crippen LogP contribution < -0.4 is 10.2 Å². The Kier molecular flexibility index (Phi) is 7.05. The molecule has 0 rings (SSSR count). The van der Waals surface area contributed by atoms with Gasteiger partial charge in [0.1, 0.15) is 0 Å². The maximum absolute atomic E-state index is 9.41. The molecule has 0 saturated heterocycles. The number of carboxylic acids is 2. The molecule has 0 aliphatic rings. The Morgan fingerprint density at radius 1 is 1.00 bits per heavy atom. The van der Waals surface area contributed by atoms with E-state index in [1.807, 2.05) is 0 Å². The van der Waals surface area contributed by atoms with Gasteiger partial charge in [-0.15, -0.1) is 0 Å². The molecule has 0 N–H and O–H groups in total. The molecule has 2 radical (unpaired) electrons. The van der Waals surface area contributed by atoms with Crippen LogP contribution >= 0.6 is 0 Å². The van der Waals surface area contributed by atoms with Crippen LogP contribution in [0.5, 0.6) is 0 Å². The molecule has 4 nitrogen and oxygen atoms in total. The van der Waals surface area contributed by atoms with E-state index < -0.39 is 11.9 Å². The van der Waals surface area contributed by atoms with E-state index in [2.05, 4.69) is 0 Å². The first-order valence-electron chi connectivity index (χ1n) is 1.73. The summed E-state index contributed by atoms with van der Waals surface area (Å²) in [7, 11) is 0. The number of hydrogen-bond donors (Lipinski definition) is 0. The summed E-state index contributed by atoms with van der Waals surface area (Å²) in [5, 5.41) is 18.8. The first kappa shape index (κ1) is 11.3. The number of carbonyl (C=O) groups excluding carboxylic acids is 2. The van der Waals surface area contributed by atoms with E-state index in [1.54, 1.807) is 0 Å². The number of carbonyl (C=O) groups is 2.